The monoisotopic (exact) mass is 443 g/mol. The Morgan fingerprint density at radius 3 is 2.58 bits per heavy atom. The Hall–Kier alpha value is -3.24. The second-order valence-corrected chi connectivity index (χ2v) is 8.49. The van der Waals surface area contributed by atoms with Crippen molar-refractivity contribution >= 4 is 17.6 Å². The lowest BCUT2D eigenvalue weighted by molar-refractivity contribution is 0.235. The van der Waals surface area contributed by atoms with Crippen LogP contribution in [-0.2, 0) is 6.61 Å². The molecule has 162 valence electrons. The summed E-state index contributed by atoms with van der Waals surface area (Å²) >= 11 is 6.06. The summed E-state index contributed by atoms with van der Waals surface area (Å²) in [6.45, 7) is 5.69. The summed E-state index contributed by atoms with van der Waals surface area (Å²) in [6, 6.07) is 10.7. The fourth-order valence-electron chi connectivity index (χ4n) is 3.33. The van der Waals surface area contributed by atoms with Crippen LogP contribution in [0.25, 0.3) is 0 Å². The zero-order chi connectivity index (χ0) is 22.8. The number of carbonyl (C=O) groups excluding carboxylic acids is 1. The van der Waals surface area contributed by atoms with E-state index >= 15 is 0 Å². The van der Waals surface area contributed by atoms with E-state index in [0.717, 1.165) is 0 Å². The number of hydrogen-bond acceptors (Lipinski definition) is 4. The number of ether oxygens (including phenoxy) is 2. The van der Waals surface area contributed by atoms with Gasteiger partial charge in [0.25, 0.3) is 0 Å². The molecule has 2 N–H and O–H groups in total. The zero-order valence-electron chi connectivity index (χ0n) is 17.7. The van der Waals surface area contributed by atoms with E-state index in [1.807, 2.05) is 20.8 Å². The maximum Gasteiger partial charge on any atom is 0.319 e. The number of methoxy groups -OCH3 is 1. The van der Waals surface area contributed by atoms with Gasteiger partial charge in [0.05, 0.1) is 29.8 Å². The molecule has 1 atom stereocenters. The molecule has 2 amide bonds. The van der Waals surface area contributed by atoms with Gasteiger partial charge in [-0.2, -0.15) is 5.26 Å². The van der Waals surface area contributed by atoms with Gasteiger partial charge in [0, 0.05) is 16.7 Å². The second kappa shape index (κ2) is 8.86. The molecule has 2 aromatic carbocycles. The fraction of sp³-hybridized carbons (Fsp3) is 0.304. The van der Waals surface area contributed by atoms with Crippen molar-refractivity contribution in [3.63, 3.8) is 0 Å². The van der Waals surface area contributed by atoms with Crippen molar-refractivity contribution in [2.24, 2.45) is 5.41 Å². The van der Waals surface area contributed by atoms with Crippen molar-refractivity contribution < 1.29 is 18.7 Å². The van der Waals surface area contributed by atoms with Gasteiger partial charge in [-0.15, -0.1) is 0 Å². The van der Waals surface area contributed by atoms with Crippen LogP contribution < -0.4 is 20.1 Å². The maximum absolute atomic E-state index is 14.0. The Labute approximate surface area is 185 Å². The van der Waals surface area contributed by atoms with Gasteiger partial charge < -0.3 is 20.1 Å². The van der Waals surface area contributed by atoms with Crippen molar-refractivity contribution in [2.45, 2.75) is 33.4 Å². The van der Waals surface area contributed by atoms with Gasteiger partial charge in [-0.25, -0.2) is 9.18 Å². The summed E-state index contributed by atoms with van der Waals surface area (Å²) in [5.41, 5.74) is 1.46. The number of nitrogens with one attached hydrogen (secondary N) is 2. The second-order valence-electron chi connectivity index (χ2n) is 8.08. The van der Waals surface area contributed by atoms with Gasteiger partial charge in [-0.3, -0.25) is 0 Å². The molecular weight excluding hydrogens is 421 g/mol. The number of rotatable bonds is 5. The van der Waals surface area contributed by atoms with Crippen molar-refractivity contribution in [2.75, 3.05) is 7.11 Å². The lowest BCUT2D eigenvalue weighted by Gasteiger charge is -2.33. The molecular formula is C23H23ClFN3O3. The molecule has 0 aliphatic carbocycles. The average Bonchev–Trinajstić information content (AvgIpc) is 2.72. The van der Waals surface area contributed by atoms with Gasteiger partial charge in [-0.1, -0.05) is 44.5 Å². The minimum atomic E-state index is -0.642. The van der Waals surface area contributed by atoms with Crippen LogP contribution in [0.2, 0.25) is 5.02 Å². The number of benzene rings is 2. The highest BCUT2D eigenvalue weighted by Crippen LogP contribution is 2.38. The van der Waals surface area contributed by atoms with Crippen molar-refractivity contribution in [1.29, 1.82) is 5.26 Å². The molecule has 0 fully saturated rings. The molecule has 1 aliphatic rings. The summed E-state index contributed by atoms with van der Waals surface area (Å²) in [5, 5.41) is 15.6. The minimum absolute atomic E-state index is 0.0805. The summed E-state index contributed by atoms with van der Waals surface area (Å²) in [4.78, 5) is 12.2. The van der Waals surface area contributed by atoms with Crippen LogP contribution in [0.5, 0.6) is 11.5 Å². The quantitative estimate of drug-likeness (QED) is 0.661. The summed E-state index contributed by atoms with van der Waals surface area (Å²) in [7, 11) is 1.48. The van der Waals surface area contributed by atoms with Crippen LogP contribution in [0.4, 0.5) is 9.18 Å². The van der Waals surface area contributed by atoms with Crippen LogP contribution in [0.1, 0.15) is 37.9 Å². The van der Waals surface area contributed by atoms with Crippen LogP contribution in [0.3, 0.4) is 0 Å². The zero-order valence-corrected chi connectivity index (χ0v) is 18.4. The molecule has 0 aromatic heterocycles. The minimum Gasteiger partial charge on any atom is -0.493 e. The Morgan fingerprint density at radius 1 is 1.23 bits per heavy atom. The third-order valence-electron chi connectivity index (χ3n) is 4.90. The first-order chi connectivity index (χ1) is 14.7. The Balaban J connectivity index is 1.94. The number of nitriles is 1. The van der Waals surface area contributed by atoms with Crippen molar-refractivity contribution in [1.82, 2.24) is 10.6 Å². The third kappa shape index (κ3) is 4.75. The fourth-order valence-corrected chi connectivity index (χ4v) is 3.55. The van der Waals surface area contributed by atoms with Gasteiger partial charge >= 0.3 is 6.03 Å². The number of amides is 2. The highest BCUT2D eigenvalue weighted by Gasteiger charge is 2.34. The largest absolute Gasteiger partial charge is 0.493 e. The van der Waals surface area contributed by atoms with Crippen LogP contribution in [-0.4, -0.2) is 13.1 Å². The molecule has 0 bridgehead atoms. The van der Waals surface area contributed by atoms with E-state index in [4.69, 9.17) is 21.1 Å². The lowest BCUT2D eigenvalue weighted by atomic mass is 9.84. The Bertz CT molecular complexity index is 1070. The number of allylic oxidation sites excluding steroid dienone is 1. The molecule has 1 aliphatic heterocycles. The van der Waals surface area contributed by atoms with E-state index in [1.165, 1.54) is 19.2 Å². The first kappa shape index (κ1) is 22.4. The molecule has 0 saturated carbocycles. The molecule has 3 rings (SSSR count). The molecule has 0 unspecified atom stereocenters. The smallest absolute Gasteiger partial charge is 0.319 e. The molecule has 2 aromatic rings. The van der Waals surface area contributed by atoms with Crippen LogP contribution in [0.15, 0.2) is 47.7 Å². The van der Waals surface area contributed by atoms with E-state index in [2.05, 4.69) is 16.7 Å². The summed E-state index contributed by atoms with van der Waals surface area (Å²) in [6.07, 6.45) is 0. The topological polar surface area (TPSA) is 83.4 Å². The number of urea groups is 1. The maximum atomic E-state index is 14.0. The molecule has 0 radical (unpaired) electrons. The highest BCUT2D eigenvalue weighted by molar-refractivity contribution is 6.31. The van der Waals surface area contributed by atoms with E-state index in [1.54, 1.807) is 24.3 Å². The van der Waals surface area contributed by atoms with E-state index in [-0.39, 0.29) is 23.2 Å². The molecule has 0 saturated heterocycles. The molecule has 0 spiro atoms. The highest BCUT2D eigenvalue weighted by atomic mass is 35.5. The molecule has 31 heavy (non-hydrogen) atoms. The van der Waals surface area contributed by atoms with Crippen LogP contribution >= 0.6 is 11.6 Å². The van der Waals surface area contributed by atoms with E-state index in [0.29, 0.717) is 28.3 Å². The SMILES string of the molecule is COc1cc([C@H]2NC(=O)NC(C(C)(C)C)=C2C#N)ccc1OCc1c(F)cccc1Cl. The number of hydrogen-bond donors (Lipinski definition) is 2. The number of nitrogens with zero attached hydrogens (tertiary/aromatic N) is 1. The average molecular weight is 444 g/mol. The van der Waals surface area contributed by atoms with E-state index < -0.39 is 17.3 Å². The first-order valence-corrected chi connectivity index (χ1v) is 9.99. The number of halogens is 2. The standard InChI is InChI=1S/C23H23ClFN3O3/c1-23(2,3)21-14(11-26)20(27-22(29)28-21)13-8-9-18(19(10-13)30-4)31-12-15-16(24)6-5-7-17(15)25/h5-10,20H,12H2,1-4H3,(H2,27,28,29)/t20-/m1/s1. The lowest BCUT2D eigenvalue weighted by Crippen LogP contribution is -2.46. The predicted molar refractivity (Wildman–Crippen MR) is 115 cm³/mol. The summed E-state index contributed by atoms with van der Waals surface area (Å²) < 4.78 is 25.2. The third-order valence-corrected chi connectivity index (χ3v) is 5.25. The molecule has 1 heterocycles. The first-order valence-electron chi connectivity index (χ1n) is 9.61. The molecule has 8 heteroatoms. The van der Waals surface area contributed by atoms with Gasteiger partial charge in [0.2, 0.25) is 0 Å². The number of carbonyl (C=O) groups is 1. The normalized spacial score (nSPS) is 16.3. The van der Waals surface area contributed by atoms with Gasteiger partial charge in [0.1, 0.15) is 12.4 Å². The van der Waals surface area contributed by atoms with Crippen molar-refractivity contribution in [3.05, 3.63) is 69.6 Å². The molecule has 6 nitrogen and oxygen atoms in total. The summed E-state index contributed by atoms with van der Waals surface area (Å²) in [5.74, 6) is 0.302. The van der Waals surface area contributed by atoms with E-state index in [9.17, 15) is 14.4 Å². The predicted octanol–water partition coefficient (Wildman–Crippen LogP) is 5.24. The van der Waals surface area contributed by atoms with Crippen molar-refractivity contribution in [3.8, 4) is 17.6 Å². The Kier molecular flexibility index (Phi) is 6.42. The van der Waals surface area contributed by atoms with Crippen LogP contribution in [0, 0.1) is 22.6 Å². The van der Waals surface area contributed by atoms with Gasteiger partial charge in [0.15, 0.2) is 11.5 Å². The van der Waals surface area contributed by atoms with Gasteiger partial charge in [-0.05, 0) is 29.8 Å². The Morgan fingerprint density at radius 2 is 1.97 bits per heavy atom.